The van der Waals surface area contributed by atoms with Gasteiger partial charge in [0.15, 0.2) is 0 Å². The van der Waals surface area contributed by atoms with E-state index in [1.54, 1.807) is 32.4 Å². The van der Waals surface area contributed by atoms with Crippen molar-refractivity contribution in [3.8, 4) is 23.0 Å². The Morgan fingerprint density at radius 1 is 0.871 bits per heavy atom. The van der Waals surface area contributed by atoms with Gasteiger partial charge < -0.3 is 13.9 Å². The standard InChI is InChI=1S/C24H21N3O4/c1-29-18-13-14-20(30-2)19(15-18)23-26-27-24(31-23)25-22(28)21(16-9-5-3-6-10-16)17-11-7-4-8-12-17/h3-15,21H,1-2H3,(H,25,27,28). The third-order valence-corrected chi connectivity index (χ3v) is 4.82. The van der Waals surface area contributed by atoms with Crippen LogP contribution in [0, 0.1) is 0 Å². The molecule has 4 aromatic rings. The molecule has 3 aromatic carbocycles. The first-order valence-corrected chi connectivity index (χ1v) is 9.66. The number of carbonyl (C=O) groups excluding carboxylic acids is 1. The first-order valence-electron chi connectivity index (χ1n) is 9.66. The fourth-order valence-corrected chi connectivity index (χ4v) is 3.33. The summed E-state index contributed by atoms with van der Waals surface area (Å²) in [4.78, 5) is 13.2. The van der Waals surface area contributed by atoms with Crippen LogP contribution in [0.3, 0.4) is 0 Å². The van der Waals surface area contributed by atoms with Crippen molar-refractivity contribution in [2.24, 2.45) is 0 Å². The van der Waals surface area contributed by atoms with Gasteiger partial charge in [0.05, 0.1) is 25.7 Å². The van der Waals surface area contributed by atoms with Crippen LogP contribution in [-0.2, 0) is 4.79 Å². The first-order chi connectivity index (χ1) is 15.2. The second-order valence-electron chi connectivity index (χ2n) is 6.72. The molecule has 0 spiro atoms. The highest BCUT2D eigenvalue weighted by Crippen LogP contribution is 2.33. The molecular formula is C24H21N3O4. The second-order valence-corrected chi connectivity index (χ2v) is 6.72. The Labute approximate surface area is 179 Å². The van der Waals surface area contributed by atoms with Crippen molar-refractivity contribution in [1.82, 2.24) is 10.2 Å². The maximum absolute atomic E-state index is 13.2. The number of hydrogen-bond acceptors (Lipinski definition) is 6. The SMILES string of the molecule is COc1ccc(OC)c(-c2nnc(NC(=O)C(c3ccccc3)c3ccccc3)o2)c1. The zero-order valence-corrected chi connectivity index (χ0v) is 17.1. The molecule has 0 saturated heterocycles. The highest BCUT2D eigenvalue weighted by Gasteiger charge is 2.25. The van der Waals surface area contributed by atoms with Crippen molar-refractivity contribution in [1.29, 1.82) is 0 Å². The van der Waals surface area contributed by atoms with Crippen LogP contribution in [0.4, 0.5) is 6.01 Å². The van der Waals surface area contributed by atoms with Crippen LogP contribution in [-0.4, -0.2) is 30.3 Å². The Morgan fingerprint density at radius 3 is 2.10 bits per heavy atom. The molecule has 1 heterocycles. The molecule has 1 amide bonds. The molecule has 31 heavy (non-hydrogen) atoms. The summed E-state index contributed by atoms with van der Waals surface area (Å²) in [5.74, 6) is 0.581. The Balaban J connectivity index is 1.62. The number of ether oxygens (including phenoxy) is 2. The van der Waals surface area contributed by atoms with E-state index in [0.29, 0.717) is 17.1 Å². The van der Waals surface area contributed by atoms with Crippen molar-refractivity contribution in [2.75, 3.05) is 19.5 Å². The molecule has 0 atom stereocenters. The summed E-state index contributed by atoms with van der Waals surface area (Å²) in [5, 5.41) is 10.8. The van der Waals surface area contributed by atoms with E-state index >= 15 is 0 Å². The minimum absolute atomic E-state index is 0.00161. The van der Waals surface area contributed by atoms with Crippen LogP contribution in [0.15, 0.2) is 83.3 Å². The van der Waals surface area contributed by atoms with Gasteiger partial charge in [-0.25, -0.2) is 0 Å². The van der Waals surface area contributed by atoms with E-state index in [1.807, 2.05) is 60.7 Å². The number of rotatable bonds is 7. The normalized spacial score (nSPS) is 10.7. The molecule has 7 nitrogen and oxygen atoms in total. The third kappa shape index (κ3) is 4.40. The lowest BCUT2D eigenvalue weighted by molar-refractivity contribution is -0.116. The monoisotopic (exact) mass is 415 g/mol. The Morgan fingerprint density at radius 2 is 1.52 bits per heavy atom. The summed E-state index contributed by atoms with van der Waals surface area (Å²) in [7, 11) is 3.12. The topological polar surface area (TPSA) is 86.5 Å². The van der Waals surface area contributed by atoms with Gasteiger partial charge in [0.2, 0.25) is 5.91 Å². The third-order valence-electron chi connectivity index (χ3n) is 4.82. The summed E-state index contributed by atoms with van der Waals surface area (Å²) in [5.41, 5.74) is 2.29. The number of hydrogen-bond donors (Lipinski definition) is 1. The molecule has 0 aliphatic rings. The number of methoxy groups -OCH3 is 2. The molecule has 0 unspecified atom stereocenters. The molecule has 156 valence electrons. The maximum Gasteiger partial charge on any atom is 0.322 e. The minimum Gasteiger partial charge on any atom is -0.497 e. The van der Waals surface area contributed by atoms with Crippen molar-refractivity contribution in [3.05, 3.63) is 90.0 Å². The largest absolute Gasteiger partial charge is 0.497 e. The van der Waals surface area contributed by atoms with Crippen LogP contribution in [0.1, 0.15) is 17.0 Å². The molecule has 1 N–H and O–H groups in total. The van der Waals surface area contributed by atoms with E-state index in [-0.39, 0.29) is 17.8 Å². The highest BCUT2D eigenvalue weighted by atomic mass is 16.5. The van der Waals surface area contributed by atoms with Gasteiger partial charge in [-0.05, 0) is 29.3 Å². The molecule has 7 heteroatoms. The number of nitrogens with one attached hydrogen (secondary N) is 1. The average molecular weight is 415 g/mol. The summed E-state index contributed by atoms with van der Waals surface area (Å²) in [6.45, 7) is 0. The van der Waals surface area contributed by atoms with Gasteiger partial charge in [0.25, 0.3) is 5.89 Å². The zero-order valence-electron chi connectivity index (χ0n) is 17.1. The Hall–Kier alpha value is -4.13. The minimum atomic E-state index is -0.524. The maximum atomic E-state index is 13.2. The summed E-state index contributed by atoms with van der Waals surface area (Å²) >= 11 is 0. The molecular weight excluding hydrogens is 394 g/mol. The van der Waals surface area contributed by atoms with Gasteiger partial charge in [-0.15, -0.1) is 5.10 Å². The molecule has 0 fully saturated rings. The van der Waals surface area contributed by atoms with Crippen molar-refractivity contribution in [2.45, 2.75) is 5.92 Å². The van der Waals surface area contributed by atoms with E-state index in [0.717, 1.165) is 11.1 Å². The van der Waals surface area contributed by atoms with E-state index in [9.17, 15) is 4.79 Å². The lowest BCUT2D eigenvalue weighted by Gasteiger charge is -2.16. The zero-order chi connectivity index (χ0) is 21.6. The van der Waals surface area contributed by atoms with Crippen LogP contribution < -0.4 is 14.8 Å². The van der Waals surface area contributed by atoms with Crippen molar-refractivity contribution >= 4 is 11.9 Å². The van der Waals surface area contributed by atoms with Gasteiger partial charge >= 0.3 is 6.01 Å². The second kappa shape index (κ2) is 9.13. The molecule has 4 rings (SSSR count). The van der Waals surface area contributed by atoms with E-state index < -0.39 is 5.92 Å². The lowest BCUT2D eigenvalue weighted by Crippen LogP contribution is -2.22. The fraction of sp³-hybridized carbons (Fsp3) is 0.125. The van der Waals surface area contributed by atoms with E-state index in [2.05, 4.69) is 15.5 Å². The number of amides is 1. The number of benzene rings is 3. The smallest absolute Gasteiger partial charge is 0.322 e. The molecule has 0 saturated carbocycles. The van der Waals surface area contributed by atoms with Gasteiger partial charge in [0, 0.05) is 0 Å². The summed E-state index contributed by atoms with van der Waals surface area (Å²) in [6, 6.07) is 24.3. The van der Waals surface area contributed by atoms with Crippen LogP contribution >= 0.6 is 0 Å². The van der Waals surface area contributed by atoms with Crippen LogP contribution in [0.25, 0.3) is 11.5 Å². The Bertz CT molecular complexity index is 1120. The number of nitrogens with zero attached hydrogens (tertiary/aromatic N) is 2. The average Bonchev–Trinajstić information content (AvgIpc) is 3.28. The van der Waals surface area contributed by atoms with E-state index in [4.69, 9.17) is 13.9 Å². The fourth-order valence-electron chi connectivity index (χ4n) is 3.33. The summed E-state index contributed by atoms with van der Waals surface area (Å²) in [6.07, 6.45) is 0. The van der Waals surface area contributed by atoms with Crippen LogP contribution in [0.2, 0.25) is 0 Å². The van der Waals surface area contributed by atoms with Gasteiger partial charge in [-0.2, -0.15) is 0 Å². The lowest BCUT2D eigenvalue weighted by atomic mass is 9.90. The van der Waals surface area contributed by atoms with Gasteiger partial charge in [-0.3, -0.25) is 10.1 Å². The van der Waals surface area contributed by atoms with Gasteiger partial charge in [-0.1, -0.05) is 65.8 Å². The molecule has 0 bridgehead atoms. The molecule has 1 aromatic heterocycles. The molecule has 0 radical (unpaired) electrons. The quantitative estimate of drug-likeness (QED) is 0.477. The first kappa shape index (κ1) is 20.2. The number of carbonyl (C=O) groups is 1. The molecule has 0 aliphatic carbocycles. The van der Waals surface area contributed by atoms with E-state index in [1.165, 1.54) is 0 Å². The number of anilines is 1. The van der Waals surface area contributed by atoms with Crippen molar-refractivity contribution < 1.29 is 18.7 Å². The highest BCUT2D eigenvalue weighted by molar-refractivity contribution is 5.96. The van der Waals surface area contributed by atoms with Crippen LogP contribution in [0.5, 0.6) is 11.5 Å². The predicted molar refractivity (Wildman–Crippen MR) is 116 cm³/mol. The van der Waals surface area contributed by atoms with Gasteiger partial charge in [0.1, 0.15) is 11.5 Å². The molecule has 0 aliphatic heterocycles. The predicted octanol–water partition coefficient (Wildman–Crippen LogP) is 4.52. The Kier molecular flexibility index (Phi) is 5.93. The summed E-state index contributed by atoms with van der Waals surface area (Å²) < 4.78 is 16.3. The number of aromatic nitrogens is 2. The van der Waals surface area contributed by atoms with Crippen molar-refractivity contribution in [3.63, 3.8) is 0 Å².